The van der Waals surface area contributed by atoms with Gasteiger partial charge in [0.15, 0.2) is 0 Å². The molecule has 3 rings (SSSR count). The van der Waals surface area contributed by atoms with Crippen LogP contribution in [0.3, 0.4) is 0 Å². The highest BCUT2D eigenvalue weighted by Gasteiger charge is 2.23. The molecular weight excluding hydrogens is 428 g/mol. The van der Waals surface area contributed by atoms with E-state index in [4.69, 9.17) is 26.8 Å². The maximum Gasteiger partial charge on any atom is 0.417 e. The first kappa shape index (κ1) is 20.5. The van der Waals surface area contributed by atoms with Gasteiger partial charge in [-0.2, -0.15) is 4.37 Å². The van der Waals surface area contributed by atoms with Crippen LogP contribution in [0.1, 0.15) is 15.9 Å². The van der Waals surface area contributed by atoms with Gasteiger partial charge in [-0.15, -0.1) is 0 Å². The van der Waals surface area contributed by atoms with Crippen molar-refractivity contribution in [1.82, 2.24) is 4.37 Å². The Kier molecular flexibility index (Phi) is 6.25. The summed E-state index contributed by atoms with van der Waals surface area (Å²) in [5, 5.41) is 2.19. The maximum atomic E-state index is 13.9. The number of anilines is 1. The molecule has 0 saturated heterocycles. The Bertz CT molecular complexity index is 1040. The molecule has 0 bridgehead atoms. The number of halogens is 3. The van der Waals surface area contributed by atoms with Gasteiger partial charge in [-0.25, -0.2) is 13.6 Å². The van der Waals surface area contributed by atoms with Crippen molar-refractivity contribution in [2.75, 3.05) is 5.32 Å². The third kappa shape index (κ3) is 4.98. The van der Waals surface area contributed by atoms with E-state index < -0.39 is 35.8 Å². The number of hydrogen-bond donors (Lipinski definition) is 2. The summed E-state index contributed by atoms with van der Waals surface area (Å²) in [4.78, 5) is 23.8. The number of amides is 2. The molecule has 11 heteroatoms. The molecule has 2 aromatic carbocycles. The number of aromatic nitrogens is 1. The van der Waals surface area contributed by atoms with Crippen molar-refractivity contribution < 1.29 is 27.8 Å². The van der Waals surface area contributed by atoms with Crippen LogP contribution >= 0.6 is 23.1 Å². The quantitative estimate of drug-likeness (QED) is 0.593. The lowest BCUT2D eigenvalue weighted by atomic mass is 10.2. The molecule has 0 aliphatic rings. The average Bonchev–Trinajstić information content (AvgIpc) is 3.04. The number of primary amides is 1. The average molecular weight is 440 g/mol. The predicted octanol–water partition coefficient (Wildman–Crippen LogP) is 4.36. The normalized spacial score (nSPS) is 10.4. The predicted molar refractivity (Wildman–Crippen MR) is 102 cm³/mol. The molecule has 3 aromatic rings. The Hall–Kier alpha value is -3.24. The number of rotatable bonds is 6. The Morgan fingerprint density at radius 3 is 2.45 bits per heavy atom. The van der Waals surface area contributed by atoms with Crippen LogP contribution < -0.4 is 20.5 Å². The molecule has 29 heavy (non-hydrogen) atoms. The van der Waals surface area contributed by atoms with Crippen molar-refractivity contribution in [1.29, 1.82) is 0 Å². The van der Waals surface area contributed by atoms with Gasteiger partial charge in [-0.1, -0.05) is 29.8 Å². The van der Waals surface area contributed by atoms with Crippen molar-refractivity contribution in [3.05, 3.63) is 70.2 Å². The van der Waals surface area contributed by atoms with Crippen LogP contribution in [0.15, 0.2) is 42.5 Å². The van der Waals surface area contributed by atoms with Gasteiger partial charge in [-0.3, -0.25) is 10.1 Å². The second-order valence-corrected chi connectivity index (χ2v) is 6.73. The lowest BCUT2D eigenvalue weighted by Crippen LogP contribution is -2.20. The highest BCUT2D eigenvalue weighted by atomic mass is 35.5. The largest absolute Gasteiger partial charge is 0.471 e. The topological polar surface area (TPSA) is 104 Å². The number of ether oxygens (including phenoxy) is 2. The highest BCUT2D eigenvalue weighted by Crippen LogP contribution is 2.31. The van der Waals surface area contributed by atoms with Gasteiger partial charge in [0.2, 0.25) is 5.88 Å². The number of carbonyl (C=O) groups excluding carboxylic acids is 2. The first-order valence-electron chi connectivity index (χ1n) is 7.94. The summed E-state index contributed by atoms with van der Waals surface area (Å²) in [6.07, 6.45) is -0.885. The summed E-state index contributed by atoms with van der Waals surface area (Å²) >= 11 is 6.26. The van der Waals surface area contributed by atoms with Crippen molar-refractivity contribution in [3.8, 4) is 11.6 Å². The van der Waals surface area contributed by atoms with E-state index in [1.807, 2.05) is 0 Å². The van der Waals surface area contributed by atoms with Crippen LogP contribution in [0.25, 0.3) is 0 Å². The zero-order valence-electron chi connectivity index (χ0n) is 14.4. The molecule has 0 aliphatic carbocycles. The molecule has 1 heterocycles. The Morgan fingerprint density at radius 1 is 1.17 bits per heavy atom. The third-order valence-corrected chi connectivity index (χ3v) is 4.50. The first-order valence-corrected chi connectivity index (χ1v) is 9.10. The van der Waals surface area contributed by atoms with Gasteiger partial charge in [-0.05, 0) is 35.8 Å². The van der Waals surface area contributed by atoms with E-state index in [2.05, 4.69) is 9.69 Å². The molecule has 0 radical (unpaired) electrons. The Labute approximate surface area is 172 Å². The fourth-order valence-corrected chi connectivity index (χ4v) is 3.16. The van der Waals surface area contributed by atoms with Crippen molar-refractivity contribution in [2.24, 2.45) is 5.73 Å². The monoisotopic (exact) mass is 439 g/mol. The van der Waals surface area contributed by atoms with Crippen LogP contribution in [-0.2, 0) is 6.61 Å². The lowest BCUT2D eigenvalue weighted by molar-refractivity contribution is 0.0996. The smallest absolute Gasteiger partial charge is 0.417 e. The molecular formula is C18H12ClF2N3O4S. The van der Waals surface area contributed by atoms with E-state index in [-0.39, 0.29) is 27.2 Å². The first-order chi connectivity index (χ1) is 13.8. The molecule has 0 spiro atoms. The van der Waals surface area contributed by atoms with Crippen LogP contribution in [-0.4, -0.2) is 16.4 Å². The summed E-state index contributed by atoms with van der Waals surface area (Å²) in [5.41, 5.74) is 4.67. The van der Waals surface area contributed by atoms with Gasteiger partial charge in [0.1, 0.15) is 34.6 Å². The van der Waals surface area contributed by atoms with Gasteiger partial charge in [0, 0.05) is 5.02 Å². The molecule has 0 atom stereocenters. The van der Waals surface area contributed by atoms with E-state index in [0.29, 0.717) is 11.5 Å². The van der Waals surface area contributed by atoms with Crippen LogP contribution in [0, 0.1) is 11.6 Å². The van der Waals surface area contributed by atoms with Crippen LogP contribution in [0.4, 0.5) is 18.6 Å². The second kappa shape index (κ2) is 8.84. The molecule has 1 aromatic heterocycles. The van der Waals surface area contributed by atoms with E-state index in [1.54, 1.807) is 30.3 Å². The number of nitrogens with one attached hydrogen (secondary N) is 1. The van der Waals surface area contributed by atoms with Crippen LogP contribution in [0.2, 0.25) is 5.02 Å². The molecule has 150 valence electrons. The molecule has 3 N–H and O–H groups in total. The molecule has 0 saturated carbocycles. The number of benzene rings is 2. The van der Waals surface area contributed by atoms with E-state index in [0.717, 1.165) is 12.1 Å². The SMILES string of the molecule is NC(=O)c1c(OCc2c(F)cc(Cl)cc2F)nsc1NC(=O)Oc1ccccc1. The molecule has 7 nitrogen and oxygen atoms in total. The summed E-state index contributed by atoms with van der Waals surface area (Å²) in [6, 6.07) is 10.1. The standard InChI is InChI=1S/C18H12ClF2N3O4S/c19-9-6-12(20)11(13(21)7-9)8-27-16-14(15(22)25)17(29-24-16)23-18(26)28-10-4-2-1-3-5-10/h1-7H,8H2,(H2,22,25)(H,23,26). The Balaban J connectivity index is 1.75. The molecule has 0 fully saturated rings. The number of carbonyl (C=O) groups is 2. The summed E-state index contributed by atoms with van der Waals surface area (Å²) in [5.74, 6) is -2.81. The summed E-state index contributed by atoms with van der Waals surface area (Å²) in [6.45, 7) is -0.577. The van der Waals surface area contributed by atoms with Crippen molar-refractivity contribution in [3.63, 3.8) is 0 Å². The van der Waals surface area contributed by atoms with Gasteiger partial charge >= 0.3 is 6.09 Å². The minimum absolute atomic E-state index is 0.0366. The number of para-hydroxylation sites is 1. The van der Waals surface area contributed by atoms with Crippen LogP contribution in [0.5, 0.6) is 11.6 Å². The zero-order valence-corrected chi connectivity index (χ0v) is 16.0. The number of nitrogens with two attached hydrogens (primary N) is 1. The van der Waals surface area contributed by atoms with Gasteiger partial charge < -0.3 is 15.2 Å². The maximum absolute atomic E-state index is 13.9. The molecule has 0 aliphatic heterocycles. The number of hydrogen-bond acceptors (Lipinski definition) is 6. The summed E-state index contributed by atoms with van der Waals surface area (Å²) in [7, 11) is 0. The third-order valence-electron chi connectivity index (χ3n) is 3.54. The lowest BCUT2D eigenvalue weighted by Gasteiger charge is -2.08. The Morgan fingerprint density at radius 2 is 1.83 bits per heavy atom. The van der Waals surface area contributed by atoms with Gasteiger partial charge in [0.25, 0.3) is 5.91 Å². The van der Waals surface area contributed by atoms with E-state index in [9.17, 15) is 18.4 Å². The highest BCUT2D eigenvalue weighted by molar-refractivity contribution is 7.11. The van der Waals surface area contributed by atoms with E-state index in [1.165, 1.54) is 0 Å². The number of nitrogens with zero attached hydrogens (tertiary/aromatic N) is 1. The summed E-state index contributed by atoms with van der Waals surface area (Å²) < 4.78 is 41.9. The zero-order chi connectivity index (χ0) is 21.0. The fourth-order valence-electron chi connectivity index (χ4n) is 2.24. The van der Waals surface area contributed by atoms with Crippen molar-refractivity contribution >= 4 is 40.1 Å². The van der Waals surface area contributed by atoms with Crippen molar-refractivity contribution in [2.45, 2.75) is 6.61 Å². The van der Waals surface area contributed by atoms with E-state index >= 15 is 0 Å². The minimum Gasteiger partial charge on any atom is -0.471 e. The molecule has 2 amide bonds. The minimum atomic E-state index is -0.958. The second-order valence-electron chi connectivity index (χ2n) is 5.52. The fraction of sp³-hybridized carbons (Fsp3) is 0.0556. The molecule has 0 unspecified atom stereocenters. The van der Waals surface area contributed by atoms with Gasteiger partial charge in [0.05, 0.1) is 5.56 Å².